The average molecular weight is 308 g/mol. The van der Waals surface area contributed by atoms with E-state index in [0.29, 0.717) is 18.0 Å². The lowest BCUT2D eigenvalue weighted by molar-refractivity contribution is 0.0946. The predicted molar refractivity (Wildman–Crippen MR) is 86.5 cm³/mol. The number of nitrogen functional groups attached to an aromatic ring is 1. The molecule has 2 heterocycles. The number of furan rings is 1. The maximum atomic E-state index is 12.3. The van der Waals surface area contributed by atoms with Gasteiger partial charge in [-0.05, 0) is 30.7 Å². The van der Waals surface area contributed by atoms with Gasteiger partial charge in [0, 0.05) is 6.54 Å². The predicted octanol–water partition coefficient (Wildman–Crippen LogP) is 2.56. The Morgan fingerprint density at radius 1 is 1.22 bits per heavy atom. The lowest BCUT2D eigenvalue weighted by Gasteiger charge is -2.07. The molecule has 0 fully saturated rings. The number of nitrogens with two attached hydrogens (primary N) is 1. The molecule has 0 aliphatic rings. The molecule has 0 radical (unpaired) electrons. The van der Waals surface area contributed by atoms with E-state index in [1.165, 1.54) is 6.26 Å². The number of hydrogen-bond acceptors (Lipinski definition) is 5. The van der Waals surface area contributed by atoms with Crippen LogP contribution in [0.25, 0.3) is 11.5 Å². The van der Waals surface area contributed by atoms with Crippen LogP contribution < -0.4 is 11.1 Å². The molecule has 116 valence electrons. The molecule has 0 spiro atoms. The van der Waals surface area contributed by atoms with E-state index in [4.69, 9.17) is 10.2 Å². The highest BCUT2D eigenvalue weighted by Gasteiger charge is 2.13. The number of anilines is 1. The third-order valence-electron chi connectivity index (χ3n) is 3.29. The van der Waals surface area contributed by atoms with Gasteiger partial charge in [0.25, 0.3) is 5.91 Å². The number of aryl methyl sites for hydroxylation is 1. The van der Waals surface area contributed by atoms with E-state index < -0.39 is 0 Å². The quantitative estimate of drug-likeness (QED) is 0.772. The van der Waals surface area contributed by atoms with Crippen LogP contribution in [0.2, 0.25) is 0 Å². The van der Waals surface area contributed by atoms with E-state index >= 15 is 0 Å². The van der Waals surface area contributed by atoms with Crippen molar-refractivity contribution in [2.45, 2.75) is 13.5 Å². The zero-order valence-electron chi connectivity index (χ0n) is 12.6. The maximum absolute atomic E-state index is 12.3. The standard InChI is InChI=1S/C17H16N4O2/c1-11-4-2-5-12(8-11)10-19-16(22)14-9-13(20-17(18)21-14)15-6-3-7-23-15/h2-9H,10H2,1H3,(H,19,22)(H2,18,20,21). The molecule has 2 aromatic heterocycles. The van der Waals surface area contributed by atoms with Gasteiger partial charge in [0.1, 0.15) is 11.4 Å². The normalized spacial score (nSPS) is 10.5. The SMILES string of the molecule is Cc1cccc(CNC(=O)c2cc(-c3ccco3)nc(N)n2)c1. The highest BCUT2D eigenvalue weighted by molar-refractivity contribution is 5.93. The van der Waals surface area contributed by atoms with Crippen molar-refractivity contribution in [1.29, 1.82) is 0 Å². The molecule has 1 aromatic carbocycles. The molecular formula is C17H16N4O2. The molecule has 23 heavy (non-hydrogen) atoms. The van der Waals surface area contributed by atoms with Crippen molar-refractivity contribution in [3.8, 4) is 11.5 Å². The van der Waals surface area contributed by atoms with E-state index in [1.54, 1.807) is 18.2 Å². The van der Waals surface area contributed by atoms with Gasteiger partial charge in [0.2, 0.25) is 5.95 Å². The highest BCUT2D eigenvalue weighted by atomic mass is 16.3. The first-order chi connectivity index (χ1) is 11.1. The molecule has 0 saturated carbocycles. The van der Waals surface area contributed by atoms with Crippen LogP contribution in [0.15, 0.2) is 53.1 Å². The van der Waals surface area contributed by atoms with E-state index in [2.05, 4.69) is 15.3 Å². The van der Waals surface area contributed by atoms with Crippen LogP contribution in [0.4, 0.5) is 5.95 Å². The summed E-state index contributed by atoms with van der Waals surface area (Å²) in [5.74, 6) is 0.250. The lowest BCUT2D eigenvalue weighted by Crippen LogP contribution is -2.24. The van der Waals surface area contributed by atoms with Gasteiger partial charge in [-0.3, -0.25) is 4.79 Å². The topological polar surface area (TPSA) is 94.0 Å². The minimum absolute atomic E-state index is 0.0274. The van der Waals surface area contributed by atoms with E-state index in [9.17, 15) is 4.79 Å². The largest absolute Gasteiger partial charge is 0.463 e. The van der Waals surface area contributed by atoms with Crippen molar-refractivity contribution >= 4 is 11.9 Å². The summed E-state index contributed by atoms with van der Waals surface area (Å²) in [6.07, 6.45) is 1.53. The Morgan fingerprint density at radius 3 is 2.83 bits per heavy atom. The van der Waals surface area contributed by atoms with Crippen molar-refractivity contribution in [3.05, 3.63) is 65.5 Å². The van der Waals surface area contributed by atoms with Crippen molar-refractivity contribution in [2.75, 3.05) is 5.73 Å². The molecule has 6 heteroatoms. The summed E-state index contributed by atoms with van der Waals surface area (Å²) < 4.78 is 5.27. The second-order valence-electron chi connectivity index (χ2n) is 5.15. The Balaban J connectivity index is 1.77. The fraction of sp³-hybridized carbons (Fsp3) is 0.118. The van der Waals surface area contributed by atoms with Crippen molar-refractivity contribution in [2.24, 2.45) is 0 Å². The number of carbonyl (C=O) groups is 1. The molecule has 0 unspecified atom stereocenters. The minimum Gasteiger partial charge on any atom is -0.463 e. The van der Waals surface area contributed by atoms with Crippen LogP contribution in [0.1, 0.15) is 21.6 Å². The number of hydrogen-bond donors (Lipinski definition) is 2. The second-order valence-corrected chi connectivity index (χ2v) is 5.15. The van der Waals surface area contributed by atoms with Gasteiger partial charge >= 0.3 is 0 Å². The highest BCUT2D eigenvalue weighted by Crippen LogP contribution is 2.19. The fourth-order valence-electron chi connectivity index (χ4n) is 2.23. The zero-order chi connectivity index (χ0) is 16.2. The summed E-state index contributed by atoms with van der Waals surface area (Å²) in [6, 6.07) is 13.0. The van der Waals surface area contributed by atoms with Gasteiger partial charge in [-0.25, -0.2) is 9.97 Å². The van der Waals surface area contributed by atoms with Crippen LogP contribution >= 0.6 is 0 Å². The smallest absolute Gasteiger partial charge is 0.270 e. The van der Waals surface area contributed by atoms with Gasteiger partial charge in [-0.1, -0.05) is 29.8 Å². The molecule has 0 atom stereocenters. The number of amides is 1. The van der Waals surface area contributed by atoms with Gasteiger partial charge in [0.05, 0.1) is 6.26 Å². The third-order valence-corrected chi connectivity index (χ3v) is 3.29. The molecule has 1 amide bonds. The molecule has 0 saturated heterocycles. The molecule has 3 N–H and O–H groups in total. The van der Waals surface area contributed by atoms with Gasteiger partial charge in [-0.15, -0.1) is 0 Å². The molecule has 0 aliphatic carbocycles. The number of benzene rings is 1. The van der Waals surface area contributed by atoms with Crippen LogP contribution in [-0.4, -0.2) is 15.9 Å². The Bertz CT molecular complexity index is 828. The Hall–Kier alpha value is -3.15. The van der Waals surface area contributed by atoms with Crippen molar-refractivity contribution < 1.29 is 9.21 Å². The van der Waals surface area contributed by atoms with Gasteiger partial charge < -0.3 is 15.5 Å². The molecule has 3 aromatic rings. The summed E-state index contributed by atoms with van der Waals surface area (Å²) in [6.45, 7) is 2.42. The van der Waals surface area contributed by atoms with Crippen molar-refractivity contribution in [1.82, 2.24) is 15.3 Å². The van der Waals surface area contributed by atoms with Gasteiger partial charge in [0.15, 0.2) is 5.76 Å². The summed E-state index contributed by atoms with van der Waals surface area (Å²) in [5, 5.41) is 2.83. The Morgan fingerprint density at radius 2 is 2.09 bits per heavy atom. The van der Waals surface area contributed by atoms with Gasteiger partial charge in [-0.2, -0.15) is 0 Å². The number of rotatable bonds is 4. The molecule has 3 rings (SSSR count). The summed E-state index contributed by atoms with van der Waals surface area (Å²) in [7, 11) is 0. The van der Waals surface area contributed by atoms with Crippen LogP contribution in [0.5, 0.6) is 0 Å². The first-order valence-corrected chi connectivity index (χ1v) is 7.14. The second kappa shape index (κ2) is 6.31. The molecule has 6 nitrogen and oxygen atoms in total. The number of aromatic nitrogens is 2. The van der Waals surface area contributed by atoms with E-state index in [0.717, 1.165) is 11.1 Å². The molecule has 0 aliphatic heterocycles. The fourth-order valence-corrected chi connectivity index (χ4v) is 2.23. The number of nitrogens with zero attached hydrogens (tertiary/aromatic N) is 2. The lowest BCUT2D eigenvalue weighted by atomic mass is 10.1. The summed E-state index contributed by atoms with van der Waals surface area (Å²) in [5.41, 5.74) is 8.53. The van der Waals surface area contributed by atoms with E-state index in [1.807, 2.05) is 31.2 Å². The van der Waals surface area contributed by atoms with Crippen LogP contribution in [0.3, 0.4) is 0 Å². The Labute approximate surface area is 133 Å². The van der Waals surface area contributed by atoms with Crippen LogP contribution in [0, 0.1) is 6.92 Å². The number of nitrogens with one attached hydrogen (secondary N) is 1. The maximum Gasteiger partial charge on any atom is 0.270 e. The monoisotopic (exact) mass is 308 g/mol. The summed E-state index contributed by atoms with van der Waals surface area (Å²) >= 11 is 0. The first-order valence-electron chi connectivity index (χ1n) is 7.14. The molecular weight excluding hydrogens is 292 g/mol. The number of carbonyl (C=O) groups excluding carboxylic acids is 1. The summed E-state index contributed by atoms with van der Waals surface area (Å²) in [4.78, 5) is 20.4. The molecule has 0 bridgehead atoms. The van der Waals surface area contributed by atoms with E-state index in [-0.39, 0.29) is 17.5 Å². The van der Waals surface area contributed by atoms with Crippen LogP contribution in [-0.2, 0) is 6.54 Å². The zero-order valence-corrected chi connectivity index (χ0v) is 12.6. The average Bonchev–Trinajstić information content (AvgIpc) is 3.06. The van der Waals surface area contributed by atoms with Crippen molar-refractivity contribution in [3.63, 3.8) is 0 Å². The third kappa shape index (κ3) is 3.55. The Kier molecular flexibility index (Phi) is 4.05. The minimum atomic E-state index is -0.312. The first kappa shape index (κ1) is 14.8.